The molecule has 0 saturated heterocycles. The lowest BCUT2D eigenvalue weighted by Crippen LogP contribution is -2.25. The van der Waals surface area contributed by atoms with Gasteiger partial charge in [0.05, 0.1) is 4.95 Å². The summed E-state index contributed by atoms with van der Waals surface area (Å²) in [6.45, 7) is 1.04. The SMILES string of the molecule is BrC1NCCc2[nH]c3ccccc3c21. The summed E-state index contributed by atoms with van der Waals surface area (Å²) in [6, 6.07) is 8.46. The number of hydrogen-bond donors (Lipinski definition) is 2. The molecule has 0 amide bonds. The van der Waals surface area contributed by atoms with Gasteiger partial charge in [-0.05, 0) is 6.07 Å². The highest BCUT2D eigenvalue weighted by Gasteiger charge is 2.21. The number of nitrogens with one attached hydrogen (secondary N) is 2. The molecule has 0 radical (unpaired) electrons. The molecule has 1 aromatic heterocycles. The molecule has 0 saturated carbocycles. The fraction of sp³-hybridized carbons (Fsp3) is 0.273. The standard InChI is InChI=1S/C11H11BrN2/c12-11-10-7-3-1-2-4-8(7)14-9(10)5-6-13-11/h1-4,11,13-14H,5-6H2. The van der Waals surface area contributed by atoms with E-state index in [-0.39, 0.29) is 0 Å². The van der Waals surface area contributed by atoms with Crippen LogP contribution in [0, 0.1) is 0 Å². The summed E-state index contributed by atoms with van der Waals surface area (Å²) in [5.74, 6) is 0. The Labute approximate surface area is 90.8 Å². The summed E-state index contributed by atoms with van der Waals surface area (Å²) in [7, 11) is 0. The number of aromatic amines is 1. The Balaban J connectivity index is 2.34. The van der Waals surface area contributed by atoms with Gasteiger partial charge in [-0.3, -0.25) is 0 Å². The lowest BCUT2D eigenvalue weighted by Gasteiger charge is -2.19. The van der Waals surface area contributed by atoms with E-state index >= 15 is 0 Å². The van der Waals surface area contributed by atoms with E-state index in [2.05, 4.69) is 50.5 Å². The largest absolute Gasteiger partial charge is 0.358 e. The van der Waals surface area contributed by atoms with Crippen LogP contribution in [0.1, 0.15) is 16.2 Å². The zero-order valence-corrected chi connectivity index (χ0v) is 9.26. The van der Waals surface area contributed by atoms with Crippen molar-refractivity contribution in [1.82, 2.24) is 10.3 Å². The molecule has 3 rings (SSSR count). The Kier molecular flexibility index (Phi) is 1.89. The molecule has 1 aliphatic heterocycles. The number of para-hydroxylation sites is 1. The van der Waals surface area contributed by atoms with Crippen molar-refractivity contribution in [3.8, 4) is 0 Å². The van der Waals surface area contributed by atoms with Gasteiger partial charge in [-0.2, -0.15) is 0 Å². The van der Waals surface area contributed by atoms with Crippen LogP contribution in [0.3, 0.4) is 0 Å². The van der Waals surface area contributed by atoms with Crippen LogP contribution in [-0.2, 0) is 6.42 Å². The van der Waals surface area contributed by atoms with Crippen LogP contribution >= 0.6 is 15.9 Å². The molecular weight excluding hydrogens is 240 g/mol. The monoisotopic (exact) mass is 250 g/mol. The van der Waals surface area contributed by atoms with Gasteiger partial charge in [0.2, 0.25) is 0 Å². The Bertz CT molecular complexity index is 475. The van der Waals surface area contributed by atoms with Crippen molar-refractivity contribution in [2.75, 3.05) is 6.54 Å². The summed E-state index contributed by atoms with van der Waals surface area (Å²) in [5, 5.41) is 4.74. The predicted octanol–water partition coefficient (Wildman–Crippen LogP) is 2.71. The number of H-pyrrole nitrogens is 1. The van der Waals surface area contributed by atoms with Crippen LogP contribution in [0.4, 0.5) is 0 Å². The molecule has 0 bridgehead atoms. The lowest BCUT2D eigenvalue weighted by atomic mass is 10.1. The van der Waals surface area contributed by atoms with Crippen LogP contribution in [-0.4, -0.2) is 11.5 Å². The average molecular weight is 251 g/mol. The van der Waals surface area contributed by atoms with Gasteiger partial charge in [-0.1, -0.05) is 34.1 Å². The van der Waals surface area contributed by atoms with Crippen LogP contribution in [0.2, 0.25) is 0 Å². The Morgan fingerprint density at radius 3 is 3.07 bits per heavy atom. The Morgan fingerprint density at radius 1 is 1.29 bits per heavy atom. The Hall–Kier alpha value is -0.800. The molecule has 0 fully saturated rings. The van der Waals surface area contributed by atoms with Crippen molar-refractivity contribution in [2.45, 2.75) is 11.4 Å². The first-order chi connectivity index (χ1) is 6.86. The quantitative estimate of drug-likeness (QED) is 0.546. The van der Waals surface area contributed by atoms with Gasteiger partial charge in [-0.15, -0.1) is 0 Å². The maximum absolute atomic E-state index is 3.66. The van der Waals surface area contributed by atoms with Crippen molar-refractivity contribution in [3.63, 3.8) is 0 Å². The number of rotatable bonds is 0. The first kappa shape index (κ1) is 8.50. The van der Waals surface area contributed by atoms with E-state index in [4.69, 9.17) is 0 Å². The molecular formula is C11H11BrN2. The van der Waals surface area contributed by atoms with Gasteiger partial charge < -0.3 is 10.3 Å². The van der Waals surface area contributed by atoms with E-state index in [0.717, 1.165) is 13.0 Å². The molecule has 0 spiro atoms. The lowest BCUT2D eigenvalue weighted by molar-refractivity contribution is 0.635. The van der Waals surface area contributed by atoms with Crippen molar-refractivity contribution in [2.24, 2.45) is 0 Å². The summed E-state index contributed by atoms with van der Waals surface area (Å²) in [6.07, 6.45) is 1.09. The topological polar surface area (TPSA) is 27.8 Å². The first-order valence-electron chi connectivity index (χ1n) is 4.83. The van der Waals surface area contributed by atoms with Crippen LogP contribution in [0.25, 0.3) is 10.9 Å². The molecule has 2 nitrogen and oxygen atoms in total. The second-order valence-electron chi connectivity index (χ2n) is 3.63. The zero-order valence-electron chi connectivity index (χ0n) is 7.68. The third kappa shape index (κ3) is 1.12. The van der Waals surface area contributed by atoms with Gasteiger partial charge in [0.1, 0.15) is 0 Å². The molecule has 0 aliphatic carbocycles. The van der Waals surface area contributed by atoms with Gasteiger partial charge in [-0.25, -0.2) is 0 Å². The first-order valence-corrected chi connectivity index (χ1v) is 5.75. The zero-order chi connectivity index (χ0) is 9.54. The maximum atomic E-state index is 3.66. The van der Waals surface area contributed by atoms with E-state index in [1.54, 1.807) is 0 Å². The smallest absolute Gasteiger partial charge is 0.0910 e. The number of halogens is 1. The predicted molar refractivity (Wildman–Crippen MR) is 61.7 cm³/mol. The minimum Gasteiger partial charge on any atom is -0.358 e. The van der Waals surface area contributed by atoms with Gasteiger partial charge in [0.15, 0.2) is 0 Å². The number of aromatic nitrogens is 1. The summed E-state index contributed by atoms with van der Waals surface area (Å²) >= 11 is 3.66. The molecule has 14 heavy (non-hydrogen) atoms. The van der Waals surface area contributed by atoms with E-state index < -0.39 is 0 Å². The average Bonchev–Trinajstić information content (AvgIpc) is 2.57. The van der Waals surface area contributed by atoms with E-state index in [1.807, 2.05) is 0 Å². The maximum Gasteiger partial charge on any atom is 0.0910 e. The third-order valence-corrected chi connectivity index (χ3v) is 3.56. The minimum absolute atomic E-state index is 0.294. The van der Waals surface area contributed by atoms with E-state index in [0.29, 0.717) is 4.95 Å². The molecule has 2 aromatic rings. The summed E-state index contributed by atoms with van der Waals surface area (Å²) in [4.78, 5) is 3.77. The fourth-order valence-electron chi connectivity index (χ4n) is 2.13. The van der Waals surface area contributed by atoms with Crippen LogP contribution < -0.4 is 5.32 Å². The number of benzene rings is 1. The Morgan fingerprint density at radius 2 is 2.14 bits per heavy atom. The highest BCUT2D eigenvalue weighted by atomic mass is 79.9. The molecule has 1 aromatic carbocycles. The van der Waals surface area contributed by atoms with Crippen molar-refractivity contribution < 1.29 is 0 Å². The van der Waals surface area contributed by atoms with Gasteiger partial charge in [0, 0.05) is 35.1 Å². The molecule has 3 heteroatoms. The van der Waals surface area contributed by atoms with Gasteiger partial charge >= 0.3 is 0 Å². The summed E-state index contributed by atoms with van der Waals surface area (Å²) in [5.41, 5.74) is 3.99. The molecule has 2 heterocycles. The molecule has 1 aliphatic rings. The van der Waals surface area contributed by atoms with Crippen molar-refractivity contribution in [3.05, 3.63) is 35.5 Å². The summed E-state index contributed by atoms with van der Waals surface area (Å²) < 4.78 is 0. The number of alkyl halides is 1. The fourth-order valence-corrected chi connectivity index (χ4v) is 2.88. The van der Waals surface area contributed by atoms with E-state index in [1.165, 1.54) is 22.2 Å². The number of fused-ring (bicyclic) bond motifs is 3. The number of hydrogen-bond acceptors (Lipinski definition) is 1. The second-order valence-corrected chi connectivity index (χ2v) is 4.55. The normalized spacial score (nSPS) is 21.1. The van der Waals surface area contributed by atoms with E-state index in [9.17, 15) is 0 Å². The second kappa shape index (κ2) is 3.11. The van der Waals surface area contributed by atoms with Crippen molar-refractivity contribution in [1.29, 1.82) is 0 Å². The van der Waals surface area contributed by atoms with Crippen LogP contribution in [0.5, 0.6) is 0 Å². The highest BCUT2D eigenvalue weighted by Crippen LogP contribution is 2.33. The van der Waals surface area contributed by atoms with Crippen molar-refractivity contribution >= 4 is 26.8 Å². The molecule has 1 unspecified atom stereocenters. The minimum atomic E-state index is 0.294. The van der Waals surface area contributed by atoms with Crippen LogP contribution in [0.15, 0.2) is 24.3 Å². The van der Waals surface area contributed by atoms with Gasteiger partial charge in [0.25, 0.3) is 0 Å². The molecule has 72 valence electrons. The highest BCUT2D eigenvalue weighted by molar-refractivity contribution is 9.09. The molecule has 1 atom stereocenters. The third-order valence-electron chi connectivity index (χ3n) is 2.78. The molecule has 2 N–H and O–H groups in total.